The predicted octanol–water partition coefficient (Wildman–Crippen LogP) is 2.19. The molecule has 0 radical (unpaired) electrons. The van der Waals surface area contributed by atoms with Gasteiger partial charge in [-0.15, -0.1) is 0 Å². The molecule has 86 valence electrons. The van der Waals surface area contributed by atoms with Gasteiger partial charge in [0.15, 0.2) is 0 Å². The molecule has 1 aliphatic carbocycles. The van der Waals surface area contributed by atoms with Crippen LogP contribution in [0.3, 0.4) is 0 Å². The molecule has 2 atom stereocenters. The van der Waals surface area contributed by atoms with Crippen LogP contribution >= 0.6 is 0 Å². The van der Waals surface area contributed by atoms with Gasteiger partial charge in [0.25, 0.3) is 0 Å². The van der Waals surface area contributed by atoms with Gasteiger partial charge >= 0.3 is 5.97 Å². The molecule has 0 heterocycles. The van der Waals surface area contributed by atoms with Crippen molar-refractivity contribution in [3.8, 4) is 0 Å². The fourth-order valence-electron chi connectivity index (χ4n) is 2.07. The maximum Gasteiger partial charge on any atom is 0.330 e. The topological polar surface area (TPSA) is 49.3 Å². The van der Waals surface area contributed by atoms with Gasteiger partial charge in [0.05, 0.1) is 0 Å². The predicted molar refractivity (Wildman–Crippen MR) is 60.8 cm³/mol. The summed E-state index contributed by atoms with van der Waals surface area (Å²) in [6.07, 6.45) is 6.90. The number of carboxylic acid groups (broad SMARTS) is 1. The molecule has 0 aromatic heterocycles. The van der Waals surface area contributed by atoms with Gasteiger partial charge in [0, 0.05) is 18.2 Å². The molecule has 0 spiro atoms. The van der Waals surface area contributed by atoms with E-state index in [1.54, 1.807) is 13.0 Å². The maximum atomic E-state index is 10.5. The van der Waals surface area contributed by atoms with E-state index in [1.165, 1.54) is 25.7 Å². The minimum absolute atomic E-state index is 0.422. The summed E-state index contributed by atoms with van der Waals surface area (Å²) in [6.45, 7) is 4.58. The van der Waals surface area contributed by atoms with Crippen LogP contribution in [-0.4, -0.2) is 23.7 Å². The second-order valence-corrected chi connectivity index (χ2v) is 4.47. The van der Waals surface area contributed by atoms with Gasteiger partial charge in [-0.25, -0.2) is 4.79 Å². The van der Waals surface area contributed by atoms with Crippen molar-refractivity contribution in [3.63, 3.8) is 0 Å². The Hall–Kier alpha value is -0.830. The van der Waals surface area contributed by atoms with Crippen LogP contribution in [-0.2, 0) is 4.79 Å². The number of rotatable bonds is 4. The quantitative estimate of drug-likeness (QED) is 0.701. The van der Waals surface area contributed by atoms with Gasteiger partial charge in [0.2, 0.25) is 0 Å². The molecule has 1 aliphatic rings. The maximum absolute atomic E-state index is 10.5. The highest BCUT2D eigenvalue weighted by molar-refractivity contribution is 5.85. The third-order valence-electron chi connectivity index (χ3n) is 3.24. The zero-order valence-electron chi connectivity index (χ0n) is 9.62. The first-order valence-corrected chi connectivity index (χ1v) is 5.74. The third-order valence-corrected chi connectivity index (χ3v) is 3.24. The monoisotopic (exact) mass is 211 g/mol. The summed E-state index contributed by atoms with van der Waals surface area (Å²) in [7, 11) is 0. The van der Waals surface area contributed by atoms with Crippen molar-refractivity contribution in [3.05, 3.63) is 11.6 Å². The minimum Gasteiger partial charge on any atom is -0.478 e. The van der Waals surface area contributed by atoms with Crippen LogP contribution in [0.5, 0.6) is 0 Å². The normalized spacial score (nSPS) is 27.7. The third kappa shape index (κ3) is 4.04. The van der Waals surface area contributed by atoms with E-state index in [9.17, 15) is 4.79 Å². The minimum atomic E-state index is -0.825. The summed E-state index contributed by atoms with van der Waals surface area (Å²) in [5.41, 5.74) is 0.422. The first kappa shape index (κ1) is 12.2. The van der Waals surface area contributed by atoms with Crippen molar-refractivity contribution in [2.24, 2.45) is 5.92 Å². The Morgan fingerprint density at radius 2 is 2.13 bits per heavy atom. The molecule has 0 bridgehead atoms. The Bertz CT molecular complexity index is 248. The molecule has 0 aliphatic heterocycles. The first-order chi connectivity index (χ1) is 7.11. The van der Waals surface area contributed by atoms with E-state index in [1.807, 2.05) is 0 Å². The molecule has 0 aromatic rings. The molecule has 3 nitrogen and oxygen atoms in total. The van der Waals surface area contributed by atoms with E-state index < -0.39 is 5.97 Å². The fourth-order valence-corrected chi connectivity index (χ4v) is 2.07. The Balaban J connectivity index is 2.30. The van der Waals surface area contributed by atoms with Crippen molar-refractivity contribution < 1.29 is 9.90 Å². The number of carboxylic acids is 1. The Morgan fingerprint density at radius 3 is 2.73 bits per heavy atom. The highest BCUT2D eigenvalue weighted by atomic mass is 16.4. The molecule has 1 saturated carbocycles. The summed E-state index contributed by atoms with van der Waals surface area (Å²) >= 11 is 0. The first-order valence-electron chi connectivity index (χ1n) is 5.74. The lowest BCUT2D eigenvalue weighted by atomic mass is 9.86. The molecule has 2 unspecified atom stereocenters. The van der Waals surface area contributed by atoms with Crippen LogP contribution in [0.15, 0.2) is 11.6 Å². The lowest BCUT2D eigenvalue weighted by molar-refractivity contribution is -0.132. The van der Waals surface area contributed by atoms with Gasteiger partial charge in [-0.3, -0.25) is 0 Å². The highest BCUT2D eigenvalue weighted by Crippen LogP contribution is 2.23. The van der Waals surface area contributed by atoms with Crippen LogP contribution in [0.4, 0.5) is 0 Å². The molecule has 1 rings (SSSR count). The average molecular weight is 211 g/mol. The second-order valence-electron chi connectivity index (χ2n) is 4.47. The summed E-state index contributed by atoms with van der Waals surface area (Å²) in [5, 5.41) is 12.1. The van der Waals surface area contributed by atoms with E-state index in [4.69, 9.17) is 5.11 Å². The molecule has 1 fully saturated rings. The average Bonchev–Trinajstić information content (AvgIpc) is 2.20. The number of aliphatic carboxylic acids is 1. The van der Waals surface area contributed by atoms with E-state index in [0.29, 0.717) is 18.2 Å². The Morgan fingerprint density at radius 1 is 1.47 bits per heavy atom. The smallest absolute Gasteiger partial charge is 0.330 e. The summed E-state index contributed by atoms with van der Waals surface area (Å²) < 4.78 is 0. The lowest BCUT2D eigenvalue weighted by Gasteiger charge is -2.29. The van der Waals surface area contributed by atoms with Gasteiger partial charge < -0.3 is 10.4 Å². The SMILES string of the molecule is C/C(=C/CNC1CCCCC1C)C(=O)O. The number of carbonyl (C=O) groups is 1. The van der Waals surface area contributed by atoms with Crippen LogP contribution in [0.2, 0.25) is 0 Å². The van der Waals surface area contributed by atoms with Crippen molar-refractivity contribution in [2.75, 3.05) is 6.54 Å². The van der Waals surface area contributed by atoms with E-state index in [2.05, 4.69) is 12.2 Å². The Labute approximate surface area is 91.6 Å². The molecular weight excluding hydrogens is 190 g/mol. The molecule has 0 aromatic carbocycles. The number of hydrogen-bond donors (Lipinski definition) is 2. The van der Waals surface area contributed by atoms with Crippen molar-refractivity contribution in [2.45, 2.75) is 45.6 Å². The van der Waals surface area contributed by atoms with E-state index in [0.717, 1.165) is 5.92 Å². The van der Waals surface area contributed by atoms with E-state index >= 15 is 0 Å². The van der Waals surface area contributed by atoms with Crippen LogP contribution in [0.25, 0.3) is 0 Å². The standard InChI is InChI=1S/C12H21NO2/c1-9-5-3-4-6-11(9)13-8-7-10(2)12(14)15/h7,9,11,13H,3-6,8H2,1-2H3,(H,14,15)/b10-7-. The summed E-state index contributed by atoms with van der Waals surface area (Å²) in [4.78, 5) is 10.5. The van der Waals surface area contributed by atoms with Crippen molar-refractivity contribution in [1.82, 2.24) is 5.32 Å². The molecule has 3 heteroatoms. The Kier molecular flexibility index (Phi) is 4.82. The largest absolute Gasteiger partial charge is 0.478 e. The summed E-state index contributed by atoms with van der Waals surface area (Å²) in [5.74, 6) is -0.106. The van der Waals surface area contributed by atoms with E-state index in [-0.39, 0.29) is 0 Å². The lowest BCUT2D eigenvalue weighted by Crippen LogP contribution is -2.37. The molecule has 15 heavy (non-hydrogen) atoms. The van der Waals surface area contributed by atoms with Crippen LogP contribution in [0.1, 0.15) is 39.5 Å². The van der Waals surface area contributed by atoms with Crippen molar-refractivity contribution in [1.29, 1.82) is 0 Å². The van der Waals surface area contributed by atoms with Gasteiger partial charge in [-0.05, 0) is 25.7 Å². The van der Waals surface area contributed by atoms with Gasteiger partial charge in [-0.1, -0.05) is 25.8 Å². The second kappa shape index (κ2) is 5.91. The van der Waals surface area contributed by atoms with Crippen LogP contribution < -0.4 is 5.32 Å². The number of nitrogens with one attached hydrogen (secondary N) is 1. The van der Waals surface area contributed by atoms with Crippen LogP contribution in [0, 0.1) is 5.92 Å². The van der Waals surface area contributed by atoms with Gasteiger partial charge in [-0.2, -0.15) is 0 Å². The molecule has 0 saturated heterocycles. The zero-order valence-corrected chi connectivity index (χ0v) is 9.62. The van der Waals surface area contributed by atoms with Crippen molar-refractivity contribution >= 4 is 5.97 Å². The fraction of sp³-hybridized carbons (Fsp3) is 0.750. The summed E-state index contributed by atoms with van der Waals surface area (Å²) in [6, 6.07) is 0.566. The molecule has 0 amide bonds. The van der Waals surface area contributed by atoms with Gasteiger partial charge in [0.1, 0.15) is 0 Å². The zero-order chi connectivity index (χ0) is 11.3. The molecule has 2 N–H and O–H groups in total. The highest BCUT2D eigenvalue weighted by Gasteiger charge is 2.19. The number of hydrogen-bond acceptors (Lipinski definition) is 2. The molecular formula is C12H21NO2.